The maximum atomic E-state index is 10.3. The van der Waals surface area contributed by atoms with Crippen molar-refractivity contribution in [1.29, 1.82) is 0 Å². The Morgan fingerprint density at radius 2 is 2.25 bits per heavy atom. The highest BCUT2D eigenvalue weighted by atomic mass is 79.9. The molecule has 0 unspecified atom stereocenters. The van der Waals surface area contributed by atoms with Crippen LogP contribution in [0.2, 0.25) is 0 Å². The topological polar surface area (TPSA) is 26.3 Å². The van der Waals surface area contributed by atoms with Crippen LogP contribution in [-0.2, 0) is 9.53 Å². The fourth-order valence-electron chi connectivity index (χ4n) is 0.221. The molecule has 0 rings (SSSR count). The monoisotopic (exact) mass is 178 g/mol. The summed E-state index contributed by atoms with van der Waals surface area (Å²) in [5.41, 5.74) is 0. The van der Waals surface area contributed by atoms with Gasteiger partial charge in [-0.25, -0.2) is 4.79 Å². The number of carbonyl (C=O) groups is 1. The van der Waals surface area contributed by atoms with Crippen molar-refractivity contribution >= 4 is 21.9 Å². The van der Waals surface area contributed by atoms with Crippen molar-refractivity contribution in [2.45, 2.75) is 6.92 Å². The molecule has 2 nitrogen and oxygen atoms in total. The highest BCUT2D eigenvalue weighted by Gasteiger charge is 1.90. The van der Waals surface area contributed by atoms with Crippen LogP contribution >= 0.6 is 15.9 Å². The summed E-state index contributed by atoms with van der Waals surface area (Å²) in [6.45, 7) is 1.76. The van der Waals surface area contributed by atoms with Crippen LogP contribution in [0.5, 0.6) is 0 Å². The maximum absolute atomic E-state index is 10.3. The third-order valence-electron chi connectivity index (χ3n) is 0.518. The molecule has 0 aliphatic carbocycles. The standard InChI is InChI=1S/C5H7BrO2/c1-4(6)3-5(7)8-2/h3H,1-2H3/b4-3+. The largest absolute Gasteiger partial charge is 0.466 e. The van der Waals surface area contributed by atoms with E-state index in [0.29, 0.717) is 0 Å². The zero-order valence-corrected chi connectivity index (χ0v) is 6.36. The maximum Gasteiger partial charge on any atom is 0.331 e. The SMILES string of the molecule is COC(=O)/C=C(\C)Br. The first-order valence-corrected chi connectivity index (χ1v) is 2.88. The predicted octanol–water partition coefficient (Wildman–Crippen LogP) is 1.46. The van der Waals surface area contributed by atoms with Gasteiger partial charge in [0, 0.05) is 6.08 Å². The van der Waals surface area contributed by atoms with Crippen LogP contribution in [0.3, 0.4) is 0 Å². The summed E-state index contributed by atoms with van der Waals surface area (Å²) in [5, 5.41) is 0. The molecule has 0 saturated carbocycles. The summed E-state index contributed by atoms with van der Waals surface area (Å²) >= 11 is 3.08. The van der Waals surface area contributed by atoms with Gasteiger partial charge in [0.05, 0.1) is 7.11 Å². The molecule has 0 atom stereocenters. The number of rotatable bonds is 1. The molecular formula is C5H7BrO2. The van der Waals surface area contributed by atoms with Crippen molar-refractivity contribution in [3.05, 3.63) is 10.6 Å². The van der Waals surface area contributed by atoms with E-state index in [0.717, 1.165) is 4.48 Å². The summed E-state index contributed by atoms with van der Waals surface area (Å²) in [7, 11) is 1.34. The van der Waals surface area contributed by atoms with Crippen molar-refractivity contribution in [2.24, 2.45) is 0 Å². The zero-order valence-electron chi connectivity index (χ0n) is 4.77. The summed E-state index contributed by atoms with van der Waals surface area (Å²) in [5.74, 6) is -0.334. The van der Waals surface area contributed by atoms with Crippen LogP contribution in [0.25, 0.3) is 0 Å². The van der Waals surface area contributed by atoms with E-state index in [1.165, 1.54) is 13.2 Å². The van der Waals surface area contributed by atoms with Gasteiger partial charge in [-0.1, -0.05) is 15.9 Å². The number of hydrogen-bond donors (Lipinski definition) is 0. The number of halogens is 1. The summed E-state index contributed by atoms with van der Waals surface area (Å²) < 4.78 is 5.08. The van der Waals surface area contributed by atoms with E-state index in [9.17, 15) is 4.79 Å². The number of esters is 1. The fraction of sp³-hybridized carbons (Fsp3) is 0.400. The van der Waals surface area contributed by atoms with Crippen LogP contribution < -0.4 is 0 Å². The number of hydrogen-bond acceptors (Lipinski definition) is 2. The lowest BCUT2D eigenvalue weighted by Crippen LogP contribution is -1.93. The van der Waals surface area contributed by atoms with Crippen molar-refractivity contribution in [3.8, 4) is 0 Å². The summed E-state index contributed by atoms with van der Waals surface area (Å²) in [6.07, 6.45) is 1.36. The molecule has 0 radical (unpaired) electrons. The Balaban J connectivity index is 3.70. The molecule has 3 heteroatoms. The summed E-state index contributed by atoms with van der Waals surface area (Å²) in [6, 6.07) is 0. The number of methoxy groups -OCH3 is 1. The average molecular weight is 179 g/mol. The lowest BCUT2D eigenvalue weighted by atomic mass is 10.5. The molecule has 0 spiro atoms. The Labute approximate surface area is 56.7 Å². The van der Waals surface area contributed by atoms with Gasteiger partial charge in [-0.15, -0.1) is 0 Å². The molecule has 0 N–H and O–H groups in total. The fourth-order valence-corrected chi connectivity index (χ4v) is 0.408. The van der Waals surface area contributed by atoms with Gasteiger partial charge in [0.1, 0.15) is 0 Å². The second-order valence-electron chi connectivity index (χ2n) is 1.25. The van der Waals surface area contributed by atoms with E-state index in [1.807, 2.05) is 0 Å². The normalized spacial score (nSPS) is 11.1. The van der Waals surface area contributed by atoms with Crippen molar-refractivity contribution in [2.75, 3.05) is 7.11 Å². The Morgan fingerprint density at radius 3 is 2.38 bits per heavy atom. The molecule has 0 aliphatic rings. The van der Waals surface area contributed by atoms with Gasteiger partial charge < -0.3 is 4.74 Å². The second-order valence-corrected chi connectivity index (χ2v) is 2.51. The van der Waals surface area contributed by atoms with Gasteiger partial charge in [0.25, 0.3) is 0 Å². The van der Waals surface area contributed by atoms with E-state index in [2.05, 4.69) is 20.7 Å². The smallest absolute Gasteiger partial charge is 0.331 e. The Bertz CT molecular complexity index is 114. The van der Waals surface area contributed by atoms with Gasteiger partial charge in [0.2, 0.25) is 0 Å². The second kappa shape index (κ2) is 3.66. The van der Waals surface area contributed by atoms with E-state index in [4.69, 9.17) is 0 Å². The van der Waals surface area contributed by atoms with Crippen LogP contribution in [0.4, 0.5) is 0 Å². The average Bonchev–Trinajstić information content (AvgIpc) is 1.65. The van der Waals surface area contributed by atoms with E-state index in [1.54, 1.807) is 6.92 Å². The van der Waals surface area contributed by atoms with Crippen molar-refractivity contribution in [1.82, 2.24) is 0 Å². The molecule has 0 aromatic carbocycles. The quantitative estimate of drug-likeness (QED) is 0.449. The first-order valence-electron chi connectivity index (χ1n) is 2.08. The molecule has 0 amide bonds. The van der Waals surface area contributed by atoms with Gasteiger partial charge in [-0.05, 0) is 11.4 Å². The lowest BCUT2D eigenvalue weighted by Gasteiger charge is -1.87. The number of ether oxygens (including phenoxy) is 1. The molecule has 0 saturated heterocycles. The molecule has 0 heterocycles. The molecule has 46 valence electrons. The van der Waals surface area contributed by atoms with Crippen molar-refractivity contribution in [3.63, 3.8) is 0 Å². The van der Waals surface area contributed by atoms with Crippen LogP contribution in [0.1, 0.15) is 6.92 Å². The molecule has 0 aromatic rings. The predicted molar refractivity (Wildman–Crippen MR) is 34.7 cm³/mol. The Morgan fingerprint density at radius 1 is 1.75 bits per heavy atom. The molecule has 0 bridgehead atoms. The van der Waals surface area contributed by atoms with Gasteiger partial charge in [-0.3, -0.25) is 0 Å². The molecule has 0 aliphatic heterocycles. The Kier molecular flexibility index (Phi) is 3.52. The minimum Gasteiger partial charge on any atom is -0.466 e. The van der Waals surface area contributed by atoms with Crippen LogP contribution in [0.15, 0.2) is 10.6 Å². The van der Waals surface area contributed by atoms with Gasteiger partial charge in [0.15, 0.2) is 0 Å². The highest BCUT2D eigenvalue weighted by molar-refractivity contribution is 9.11. The van der Waals surface area contributed by atoms with Gasteiger partial charge >= 0.3 is 5.97 Å². The molecule has 8 heavy (non-hydrogen) atoms. The van der Waals surface area contributed by atoms with E-state index < -0.39 is 0 Å². The lowest BCUT2D eigenvalue weighted by molar-refractivity contribution is -0.134. The first kappa shape index (κ1) is 7.69. The minimum absolute atomic E-state index is 0.334. The summed E-state index contributed by atoms with van der Waals surface area (Å²) in [4.78, 5) is 10.3. The molecular weight excluding hydrogens is 172 g/mol. The van der Waals surface area contributed by atoms with Crippen LogP contribution in [0, 0.1) is 0 Å². The van der Waals surface area contributed by atoms with E-state index >= 15 is 0 Å². The number of allylic oxidation sites excluding steroid dienone is 1. The van der Waals surface area contributed by atoms with Crippen molar-refractivity contribution < 1.29 is 9.53 Å². The third-order valence-corrected chi connectivity index (χ3v) is 0.747. The first-order chi connectivity index (χ1) is 3.66. The minimum atomic E-state index is -0.334. The third kappa shape index (κ3) is 3.87. The molecule has 0 aromatic heterocycles. The highest BCUT2D eigenvalue weighted by Crippen LogP contribution is 2.00. The van der Waals surface area contributed by atoms with Crippen LogP contribution in [-0.4, -0.2) is 13.1 Å². The van der Waals surface area contributed by atoms with E-state index in [-0.39, 0.29) is 5.97 Å². The zero-order chi connectivity index (χ0) is 6.57. The van der Waals surface area contributed by atoms with Gasteiger partial charge in [-0.2, -0.15) is 0 Å². The Hall–Kier alpha value is -0.310. The number of carbonyl (C=O) groups excluding carboxylic acids is 1. The molecule has 0 fully saturated rings.